The summed E-state index contributed by atoms with van der Waals surface area (Å²) < 4.78 is 0.985. The average molecular weight is 396 g/mol. The lowest BCUT2D eigenvalue weighted by molar-refractivity contribution is 0.162. The molecule has 0 saturated carbocycles. The molecule has 7 heteroatoms. The van der Waals surface area contributed by atoms with Gasteiger partial charge in [0, 0.05) is 40.8 Å². The van der Waals surface area contributed by atoms with Gasteiger partial charge in [-0.1, -0.05) is 6.92 Å². The third-order valence-corrected chi connectivity index (χ3v) is 6.02. The second kappa shape index (κ2) is 10.3. The van der Waals surface area contributed by atoms with Crippen molar-refractivity contribution in [1.82, 2.24) is 9.88 Å². The predicted molar refractivity (Wildman–Crippen MR) is 112 cm³/mol. The van der Waals surface area contributed by atoms with E-state index in [1.54, 1.807) is 11.3 Å². The summed E-state index contributed by atoms with van der Waals surface area (Å²) >= 11 is 5.93. The highest BCUT2D eigenvalue weighted by Crippen LogP contribution is 2.31. The van der Waals surface area contributed by atoms with Crippen LogP contribution in [0.2, 0.25) is 0 Å². The number of nitrogens with zero attached hydrogens (tertiary/aromatic N) is 1. The molecule has 3 rings (SSSR count). The third-order valence-electron chi connectivity index (χ3n) is 4.68. The summed E-state index contributed by atoms with van der Waals surface area (Å²) in [6.07, 6.45) is 3.10. The number of aromatic nitrogens is 1. The maximum absolute atomic E-state index is 11.6. The van der Waals surface area contributed by atoms with E-state index in [0.29, 0.717) is 19.2 Å². The van der Waals surface area contributed by atoms with E-state index >= 15 is 0 Å². The molecule has 0 spiro atoms. The van der Waals surface area contributed by atoms with Crippen LogP contribution in [0.15, 0.2) is 27.2 Å². The fraction of sp³-hybridized carbons (Fsp3) is 0.526. The van der Waals surface area contributed by atoms with Gasteiger partial charge in [0.2, 0.25) is 0 Å². The quantitative estimate of drug-likeness (QED) is 0.587. The lowest BCUT2D eigenvalue weighted by Gasteiger charge is -2.21. The summed E-state index contributed by atoms with van der Waals surface area (Å²) in [5.74, 6) is 0. The number of H-pyrrole nitrogens is 1. The van der Waals surface area contributed by atoms with Gasteiger partial charge in [0.25, 0.3) is 5.56 Å². The van der Waals surface area contributed by atoms with E-state index in [2.05, 4.69) is 22.5 Å². The predicted octanol–water partition coefficient (Wildman–Crippen LogP) is 2.66. The Labute approximate surface area is 164 Å². The summed E-state index contributed by atoms with van der Waals surface area (Å²) in [6.45, 7) is 6.96. The summed E-state index contributed by atoms with van der Waals surface area (Å²) in [4.78, 5) is 17.9. The van der Waals surface area contributed by atoms with Crippen molar-refractivity contribution in [2.75, 3.05) is 26.2 Å². The molecule has 0 amide bonds. The molecule has 1 unspecified atom stereocenters. The zero-order chi connectivity index (χ0) is 19.1. The van der Waals surface area contributed by atoms with Crippen LogP contribution in [-0.2, 0) is 6.42 Å². The Hall–Kier alpha value is -1.12. The smallest absolute Gasteiger partial charge is 0.251 e. The molecular weight excluding hydrogens is 366 g/mol. The molecule has 1 aliphatic rings. The first-order chi connectivity index (χ1) is 12.5. The van der Waals surface area contributed by atoms with Crippen molar-refractivity contribution in [3.63, 3.8) is 0 Å². The zero-order valence-corrected chi connectivity index (χ0v) is 17.2. The van der Waals surface area contributed by atoms with Crippen LogP contribution >= 0.6 is 24.0 Å². The number of aliphatic hydroxyl groups excluding tert-OH is 1. The maximum Gasteiger partial charge on any atom is 0.251 e. The summed E-state index contributed by atoms with van der Waals surface area (Å²) in [6, 6.07) is 6.38. The van der Waals surface area contributed by atoms with Crippen LogP contribution < -0.4 is 11.3 Å². The zero-order valence-electron chi connectivity index (χ0n) is 15.5. The minimum absolute atomic E-state index is 0.0198. The molecule has 1 saturated heterocycles. The molecule has 2 aromatic heterocycles. The van der Waals surface area contributed by atoms with Crippen molar-refractivity contribution >= 4 is 24.0 Å². The van der Waals surface area contributed by atoms with Crippen molar-refractivity contribution < 1.29 is 5.11 Å². The molecule has 0 bridgehead atoms. The molecule has 0 radical (unpaired) electrons. The van der Waals surface area contributed by atoms with E-state index in [0.717, 1.165) is 51.8 Å². The first kappa shape index (κ1) is 21.2. The minimum atomic E-state index is 0.0198. The number of thiol groups is 1. The van der Waals surface area contributed by atoms with Crippen LogP contribution in [0, 0.1) is 6.92 Å². The normalized spacial score (nSPS) is 17.2. The SMILES string of the molecule is CCc1cc(-c2ccc(S)s2)c(C)[nH]c1=O.NCCN1CCCC1CO. The number of thiophene rings is 1. The van der Waals surface area contributed by atoms with E-state index < -0.39 is 0 Å². The van der Waals surface area contributed by atoms with E-state index in [9.17, 15) is 4.79 Å². The van der Waals surface area contributed by atoms with Crippen molar-refractivity contribution in [3.05, 3.63) is 39.8 Å². The fourth-order valence-corrected chi connectivity index (χ4v) is 4.41. The Morgan fingerprint density at radius 3 is 2.81 bits per heavy atom. The van der Waals surface area contributed by atoms with E-state index in [-0.39, 0.29) is 5.56 Å². The monoisotopic (exact) mass is 395 g/mol. The number of hydrogen-bond donors (Lipinski definition) is 4. The molecular formula is C19H29N3O2S2. The largest absolute Gasteiger partial charge is 0.395 e. The van der Waals surface area contributed by atoms with Crippen LogP contribution in [0.5, 0.6) is 0 Å². The van der Waals surface area contributed by atoms with Crippen LogP contribution in [0.4, 0.5) is 0 Å². The van der Waals surface area contributed by atoms with Crippen LogP contribution in [0.1, 0.15) is 31.0 Å². The molecule has 1 atom stereocenters. The molecule has 1 aliphatic heterocycles. The van der Waals surface area contributed by atoms with Gasteiger partial charge >= 0.3 is 0 Å². The van der Waals surface area contributed by atoms with Gasteiger partial charge in [-0.15, -0.1) is 24.0 Å². The van der Waals surface area contributed by atoms with Gasteiger partial charge < -0.3 is 15.8 Å². The Morgan fingerprint density at radius 1 is 1.46 bits per heavy atom. The second-order valence-corrected chi connectivity index (χ2v) is 8.33. The molecule has 144 valence electrons. The van der Waals surface area contributed by atoms with Crippen LogP contribution in [-0.4, -0.2) is 47.3 Å². The fourth-order valence-electron chi connectivity index (χ4n) is 3.22. The Morgan fingerprint density at radius 2 is 2.23 bits per heavy atom. The van der Waals surface area contributed by atoms with Gasteiger partial charge in [-0.25, -0.2) is 0 Å². The van der Waals surface area contributed by atoms with Gasteiger partial charge in [0.15, 0.2) is 0 Å². The number of pyridine rings is 1. The topological polar surface area (TPSA) is 82.3 Å². The van der Waals surface area contributed by atoms with E-state index in [1.165, 1.54) is 6.42 Å². The second-order valence-electron chi connectivity index (χ2n) is 6.46. The van der Waals surface area contributed by atoms with Crippen molar-refractivity contribution in [2.45, 2.75) is 43.4 Å². The van der Waals surface area contributed by atoms with Crippen molar-refractivity contribution in [2.24, 2.45) is 5.73 Å². The number of aryl methyl sites for hydroxylation is 2. The van der Waals surface area contributed by atoms with Crippen LogP contribution in [0.3, 0.4) is 0 Å². The van der Waals surface area contributed by atoms with E-state index in [4.69, 9.17) is 10.8 Å². The van der Waals surface area contributed by atoms with Crippen molar-refractivity contribution in [1.29, 1.82) is 0 Å². The maximum atomic E-state index is 11.6. The molecule has 2 aromatic rings. The van der Waals surface area contributed by atoms with E-state index in [1.807, 2.05) is 32.0 Å². The highest BCUT2D eigenvalue weighted by Gasteiger charge is 2.22. The Bertz CT molecular complexity index is 757. The van der Waals surface area contributed by atoms with Gasteiger partial charge in [-0.3, -0.25) is 9.69 Å². The number of nitrogens with one attached hydrogen (secondary N) is 1. The number of aliphatic hydroxyl groups is 1. The Kier molecular flexibility index (Phi) is 8.37. The lowest BCUT2D eigenvalue weighted by Crippen LogP contribution is -2.35. The molecule has 26 heavy (non-hydrogen) atoms. The Balaban J connectivity index is 0.000000209. The first-order valence-corrected chi connectivity index (χ1v) is 10.3. The van der Waals surface area contributed by atoms with Gasteiger partial charge in [0.1, 0.15) is 0 Å². The standard InChI is InChI=1S/C12H13NOS2.C7H16N2O/c1-3-8-6-9(7(2)13-12(8)14)10-4-5-11(15)16-10;8-3-5-9-4-1-2-7(9)6-10/h4-6,15H,3H2,1-2H3,(H,13,14);7,10H,1-6,8H2. The number of nitrogens with two attached hydrogens (primary N) is 1. The highest BCUT2D eigenvalue weighted by molar-refractivity contribution is 7.83. The molecule has 0 aliphatic carbocycles. The molecule has 0 aromatic carbocycles. The number of rotatable bonds is 5. The summed E-state index contributed by atoms with van der Waals surface area (Å²) in [5, 5.41) is 8.88. The van der Waals surface area contributed by atoms with Crippen molar-refractivity contribution in [3.8, 4) is 10.4 Å². The van der Waals surface area contributed by atoms with Gasteiger partial charge in [-0.05, 0) is 50.9 Å². The first-order valence-electron chi connectivity index (χ1n) is 9.07. The highest BCUT2D eigenvalue weighted by atomic mass is 32.2. The molecule has 5 nitrogen and oxygen atoms in total. The molecule has 4 N–H and O–H groups in total. The average Bonchev–Trinajstić information content (AvgIpc) is 3.25. The molecule has 3 heterocycles. The third kappa shape index (κ3) is 5.44. The lowest BCUT2D eigenvalue weighted by atomic mass is 10.1. The number of aromatic amines is 1. The van der Waals surface area contributed by atoms with Gasteiger partial charge in [0.05, 0.1) is 10.8 Å². The van der Waals surface area contributed by atoms with Gasteiger partial charge in [-0.2, -0.15) is 0 Å². The summed E-state index contributed by atoms with van der Waals surface area (Å²) in [5.41, 5.74) is 8.26. The number of hydrogen-bond acceptors (Lipinski definition) is 6. The molecule has 1 fully saturated rings. The number of likely N-dealkylation sites (tertiary alicyclic amines) is 1. The minimum Gasteiger partial charge on any atom is -0.395 e. The summed E-state index contributed by atoms with van der Waals surface area (Å²) in [7, 11) is 0. The van der Waals surface area contributed by atoms with Crippen LogP contribution in [0.25, 0.3) is 10.4 Å².